The fraction of sp³-hybridized carbons (Fsp3) is 0.0789. The van der Waals surface area contributed by atoms with Crippen LogP contribution in [0.15, 0.2) is 122 Å². The van der Waals surface area contributed by atoms with Crippen molar-refractivity contribution in [2.75, 3.05) is 0 Å². The minimum atomic E-state index is 0.866. The largest absolute Gasteiger partial charge is 0.427 e. The Balaban J connectivity index is 1.80. The summed E-state index contributed by atoms with van der Waals surface area (Å²) < 4.78 is 10.4. The summed E-state index contributed by atoms with van der Waals surface area (Å²) in [6.07, 6.45) is 8.47. The number of fused-ring (bicyclic) bond motifs is 9. The molecular weight excluding hydrogens is 627 g/mol. The van der Waals surface area contributed by atoms with Gasteiger partial charge < -0.3 is 3.07 Å². The van der Waals surface area contributed by atoms with Crippen LogP contribution in [0.4, 0.5) is 0 Å². The standard InChI is InChI=1S/C38H30IN2O/c1-5-13-26-25(6-2)31-19-20-33-32-21-22-34(42-39)24(3)37(32)41(35-18-11-12-23-40(35)4)38(33)36(31)30-17-10-9-16-29(30)28-15-8-7-14-27(26)28/h5-23H,2H2,1,3-4H3/q+1/b13-5-,26-25-,27-26?,29-28?,31-25?,36-30?. The van der Waals surface area contributed by atoms with Gasteiger partial charge in [0.05, 0.1) is 13.2 Å². The third-order valence-electron chi connectivity index (χ3n) is 8.46. The maximum atomic E-state index is 5.81. The molecule has 1 aliphatic carbocycles. The maximum Gasteiger partial charge on any atom is 0.286 e. The van der Waals surface area contributed by atoms with Crippen molar-refractivity contribution in [1.82, 2.24) is 4.57 Å². The van der Waals surface area contributed by atoms with E-state index in [9.17, 15) is 0 Å². The van der Waals surface area contributed by atoms with Gasteiger partial charge in [-0.2, -0.15) is 4.57 Å². The van der Waals surface area contributed by atoms with Gasteiger partial charge in [0, 0.05) is 28.0 Å². The van der Waals surface area contributed by atoms with Crippen LogP contribution < -0.4 is 7.63 Å². The van der Waals surface area contributed by atoms with E-state index < -0.39 is 0 Å². The molecule has 7 rings (SSSR count). The number of halogens is 1. The first kappa shape index (κ1) is 26.5. The lowest BCUT2D eigenvalue weighted by atomic mass is 9.80. The fourth-order valence-electron chi connectivity index (χ4n) is 6.64. The molecule has 2 aromatic heterocycles. The molecular formula is C38H30IN2O+. The predicted octanol–water partition coefficient (Wildman–Crippen LogP) is 9.97. The van der Waals surface area contributed by atoms with Gasteiger partial charge in [0.15, 0.2) is 23.0 Å². The highest BCUT2D eigenvalue weighted by molar-refractivity contribution is 14.1. The van der Waals surface area contributed by atoms with Crippen LogP contribution in [0.2, 0.25) is 0 Å². The van der Waals surface area contributed by atoms with E-state index >= 15 is 0 Å². The van der Waals surface area contributed by atoms with E-state index in [2.05, 4.69) is 146 Å². The molecule has 4 aromatic carbocycles. The van der Waals surface area contributed by atoms with Gasteiger partial charge in [0.2, 0.25) is 0 Å². The quantitative estimate of drug-likeness (QED) is 0.136. The molecule has 4 heteroatoms. The normalized spacial score (nSPS) is 14.4. The van der Waals surface area contributed by atoms with Crippen LogP contribution in [0.25, 0.3) is 61.0 Å². The summed E-state index contributed by atoms with van der Waals surface area (Å²) in [6.45, 7) is 8.59. The summed E-state index contributed by atoms with van der Waals surface area (Å²) in [5, 5.41) is 2.40. The Morgan fingerprint density at radius 3 is 2.07 bits per heavy atom. The molecule has 0 atom stereocenters. The van der Waals surface area contributed by atoms with Crippen molar-refractivity contribution in [3.05, 3.63) is 139 Å². The van der Waals surface area contributed by atoms with E-state index in [1.165, 1.54) is 55.2 Å². The predicted molar refractivity (Wildman–Crippen MR) is 184 cm³/mol. The zero-order valence-corrected chi connectivity index (χ0v) is 26.0. The summed E-state index contributed by atoms with van der Waals surface area (Å²) in [4.78, 5) is 0. The van der Waals surface area contributed by atoms with Gasteiger partial charge >= 0.3 is 0 Å². The van der Waals surface area contributed by atoms with Gasteiger partial charge in [-0.15, -0.1) is 0 Å². The van der Waals surface area contributed by atoms with E-state index in [1.807, 2.05) is 29.1 Å². The van der Waals surface area contributed by atoms with Gasteiger partial charge in [-0.3, -0.25) is 0 Å². The smallest absolute Gasteiger partial charge is 0.286 e. The number of aryl methyl sites for hydroxylation is 2. The highest BCUT2D eigenvalue weighted by Crippen LogP contribution is 2.50. The summed E-state index contributed by atoms with van der Waals surface area (Å²) in [5.74, 6) is 1.95. The Kier molecular flexibility index (Phi) is 6.59. The van der Waals surface area contributed by atoms with Crippen LogP contribution in [0.1, 0.15) is 23.6 Å². The first-order valence-corrected chi connectivity index (χ1v) is 15.0. The first-order chi connectivity index (χ1) is 20.6. The summed E-state index contributed by atoms with van der Waals surface area (Å²) in [5.41, 5.74) is 12.9. The van der Waals surface area contributed by atoms with Crippen LogP contribution >= 0.6 is 23.0 Å². The van der Waals surface area contributed by atoms with Crippen LogP contribution in [0, 0.1) is 6.92 Å². The number of hydrogen-bond acceptors (Lipinski definition) is 1. The Morgan fingerprint density at radius 2 is 1.38 bits per heavy atom. The highest BCUT2D eigenvalue weighted by Gasteiger charge is 2.31. The summed E-state index contributed by atoms with van der Waals surface area (Å²) in [6, 6.07) is 32.8. The second-order valence-electron chi connectivity index (χ2n) is 10.7. The molecule has 0 bridgehead atoms. The number of aromatic nitrogens is 2. The molecule has 1 aliphatic rings. The molecule has 204 valence electrons. The summed E-state index contributed by atoms with van der Waals surface area (Å²) in [7, 11) is 2.11. The van der Waals surface area contributed by atoms with Crippen molar-refractivity contribution in [2.24, 2.45) is 7.05 Å². The second-order valence-corrected chi connectivity index (χ2v) is 11.1. The van der Waals surface area contributed by atoms with Crippen molar-refractivity contribution in [2.45, 2.75) is 13.8 Å². The zero-order valence-electron chi connectivity index (χ0n) is 23.9. The monoisotopic (exact) mass is 657 g/mol. The number of hydrogen-bond donors (Lipinski definition) is 0. The van der Waals surface area contributed by atoms with Crippen molar-refractivity contribution in [3.8, 4) is 33.8 Å². The maximum absolute atomic E-state index is 5.81. The number of allylic oxidation sites excluding steroid dienone is 5. The lowest BCUT2D eigenvalue weighted by Crippen LogP contribution is -2.33. The highest BCUT2D eigenvalue weighted by atomic mass is 127. The van der Waals surface area contributed by atoms with Gasteiger partial charge in [0.1, 0.15) is 16.8 Å². The molecule has 0 saturated heterocycles. The lowest BCUT2D eigenvalue weighted by molar-refractivity contribution is -0.665. The SMILES string of the molecule is C=C/C1=C(\C=C/C)c2ccccc2-c2ccccc2-c2c1ccc1c3ccc(OI)c(C)c3n(-c3cccc[n+]3C)c21. The Labute approximate surface area is 260 Å². The molecule has 0 unspecified atom stereocenters. The second kappa shape index (κ2) is 10.4. The molecule has 42 heavy (non-hydrogen) atoms. The van der Waals surface area contributed by atoms with E-state index in [-0.39, 0.29) is 0 Å². The Bertz CT molecular complexity index is 2130. The van der Waals surface area contributed by atoms with E-state index in [4.69, 9.17) is 3.07 Å². The molecule has 0 N–H and O–H groups in total. The van der Waals surface area contributed by atoms with Crippen molar-refractivity contribution in [3.63, 3.8) is 0 Å². The molecule has 0 spiro atoms. The van der Waals surface area contributed by atoms with Crippen LogP contribution in [0.5, 0.6) is 5.75 Å². The average Bonchev–Trinajstić information content (AvgIpc) is 3.35. The van der Waals surface area contributed by atoms with Crippen molar-refractivity contribution in [1.29, 1.82) is 0 Å². The zero-order chi connectivity index (χ0) is 29.0. The van der Waals surface area contributed by atoms with E-state index in [0.717, 1.165) is 28.2 Å². The third kappa shape index (κ3) is 3.82. The Hall–Kier alpha value is -4.42. The van der Waals surface area contributed by atoms with Crippen LogP contribution in [-0.4, -0.2) is 4.57 Å². The van der Waals surface area contributed by atoms with E-state index in [1.54, 1.807) is 0 Å². The van der Waals surface area contributed by atoms with Gasteiger partial charge in [-0.25, -0.2) is 4.57 Å². The number of benzene rings is 4. The van der Waals surface area contributed by atoms with Gasteiger partial charge in [-0.05, 0) is 77.1 Å². The number of nitrogens with zero attached hydrogens (tertiary/aromatic N) is 2. The lowest BCUT2D eigenvalue weighted by Gasteiger charge is -2.23. The molecule has 0 fully saturated rings. The van der Waals surface area contributed by atoms with E-state index in [0.29, 0.717) is 0 Å². The minimum Gasteiger partial charge on any atom is -0.427 e. The topological polar surface area (TPSA) is 18.0 Å². The molecule has 0 radical (unpaired) electrons. The van der Waals surface area contributed by atoms with Crippen LogP contribution in [0.3, 0.4) is 0 Å². The Morgan fingerprint density at radius 1 is 0.738 bits per heavy atom. The third-order valence-corrected chi connectivity index (χ3v) is 8.93. The molecule has 0 aliphatic heterocycles. The number of rotatable bonds is 4. The molecule has 2 heterocycles. The summed E-state index contributed by atoms with van der Waals surface area (Å²) >= 11 is 1.99. The van der Waals surface area contributed by atoms with Gasteiger partial charge in [-0.1, -0.05) is 85.5 Å². The number of pyridine rings is 1. The van der Waals surface area contributed by atoms with Crippen molar-refractivity contribution < 1.29 is 7.63 Å². The first-order valence-electron chi connectivity index (χ1n) is 14.1. The van der Waals surface area contributed by atoms with Crippen LogP contribution in [-0.2, 0) is 7.05 Å². The van der Waals surface area contributed by atoms with Gasteiger partial charge in [0.25, 0.3) is 5.82 Å². The fourth-order valence-corrected chi connectivity index (χ4v) is 7.12. The van der Waals surface area contributed by atoms with Crippen molar-refractivity contribution >= 4 is 56.0 Å². The molecule has 0 saturated carbocycles. The minimum absolute atomic E-state index is 0.866. The molecule has 3 nitrogen and oxygen atoms in total. The average molecular weight is 658 g/mol. The molecule has 6 aromatic rings. The molecule has 0 amide bonds.